The quantitative estimate of drug-likeness (QED) is 0.631. The summed E-state index contributed by atoms with van der Waals surface area (Å²) in [5, 5.41) is 1.44. The van der Waals surface area contributed by atoms with Crippen LogP contribution in [0.15, 0.2) is 0 Å². The molecule has 3 rings (SSSR count). The number of hydroxylamine groups is 2. The number of rotatable bonds is 3. The molecule has 3 aliphatic rings. The molecular weight excluding hydrogens is 310 g/mol. The molecule has 0 aliphatic carbocycles. The summed E-state index contributed by atoms with van der Waals surface area (Å²) in [5.74, 6) is -2.67. The van der Waals surface area contributed by atoms with Gasteiger partial charge in [-0.2, -0.15) is 5.06 Å². The van der Waals surface area contributed by atoms with Crippen LogP contribution < -0.4 is 0 Å². The molecule has 0 bridgehead atoms. The number of esters is 2. The molecule has 0 unspecified atom stereocenters. The highest BCUT2D eigenvalue weighted by molar-refractivity contribution is 5.84. The molecule has 0 saturated carbocycles. The zero-order valence-corrected chi connectivity index (χ0v) is 13.5. The lowest BCUT2D eigenvalue weighted by Crippen LogP contribution is -2.43. The second-order valence-corrected chi connectivity index (χ2v) is 6.14. The summed E-state index contributed by atoms with van der Waals surface area (Å²) in [6.45, 7) is 4.14. The first-order valence-corrected chi connectivity index (χ1v) is 7.42. The zero-order chi connectivity index (χ0) is 16.8. The number of fused-ring (bicyclic) bond motifs is 1. The van der Waals surface area contributed by atoms with Gasteiger partial charge in [0.15, 0.2) is 18.1 Å². The Morgan fingerprint density at radius 1 is 1.13 bits per heavy atom. The third-order valence-corrected chi connectivity index (χ3v) is 4.15. The maximum atomic E-state index is 11.9. The van der Waals surface area contributed by atoms with Crippen molar-refractivity contribution in [3.63, 3.8) is 0 Å². The minimum atomic E-state index is -1.06. The summed E-state index contributed by atoms with van der Waals surface area (Å²) in [5.41, 5.74) is 0. The summed E-state index contributed by atoms with van der Waals surface area (Å²) in [6, 6.07) is 0. The fraction of sp³-hybridized carbons (Fsp3) is 0.857. The van der Waals surface area contributed by atoms with E-state index in [-0.39, 0.29) is 18.8 Å². The summed E-state index contributed by atoms with van der Waals surface area (Å²) < 4.78 is 26.7. The molecule has 130 valence electrons. The maximum absolute atomic E-state index is 11.9. The van der Waals surface area contributed by atoms with Crippen LogP contribution in [0.3, 0.4) is 0 Å². The monoisotopic (exact) mass is 331 g/mol. The Kier molecular flexibility index (Phi) is 4.32. The molecular formula is C14H21NO8. The Hall–Kier alpha value is -1.26. The summed E-state index contributed by atoms with van der Waals surface area (Å²) >= 11 is 0. The number of carbonyl (C=O) groups excluding carboxylic acids is 2. The number of methoxy groups -OCH3 is 2. The average molecular weight is 331 g/mol. The minimum Gasteiger partial charge on any atom is -0.469 e. The van der Waals surface area contributed by atoms with Gasteiger partial charge >= 0.3 is 11.9 Å². The number of nitrogens with zero attached hydrogens (tertiary/aromatic N) is 1. The summed E-state index contributed by atoms with van der Waals surface area (Å²) in [6.07, 6.45) is -2.21. The van der Waals surface area contributed by atoms with Crippen LogP contribution in [0.2, 0.25) is 0 Å². The molecule has 23 heavy (non-hydrogen) atoms. The molecule has 3 heterocycles. The first-order valence-electron chi connectivity index (χ1n) is 7.42. The van der Waals surface area contributed by atoms with Gasteiger partial charge in [-0.05, 0) is 13.8 Å². The largest absolute Gasteiger partial charge is 0.469 e. The van der Waals surface area contributed by atoms with Crippen LogP contribution in [-0.4, -0.2) is 74.7 Å². The van der Waals surface area contributed by atoms with E-state index in [2.05, 4.69) is 0 Å². The van der Waals surface area contributed by atoms with Crippen LogP contribution >= 0.6 is 0 Å². The van der Waals surface area contributed by atoms with E-state index in [1.54, 1.807) is 0 Å². The Bertz CT molecular complexity index is 471. The van der Waals surface area contributed by atoms with Crippen molar-refractivity contribution in [2.45, 2.75) is 44.2 Å². The van der Waals surface area contributed by atoms with Gasteiger partial charge in [-0.1, -0.05) is 0 Å². The number of hydrogen-bond acceptors (Lipinski definition) is 9. The third-order valence-electron chi connectivity index (χ3n) is 4.15. The van der Waals surface area contributed by atoms with E-state index in [4.69, 9.17) is 28.5 Å². The molecule has 9 heteroatoms. The first-order chi connectivity index (χ1) is 10.9. The van der Waals surface area contributed by atoms with E-state index in [1.165, 1.54) is 19.3 Å². The van der Waals surface area contributed by atoms with Crippen LogP contribution in [0.4, 0.5) is 0 Å². The molecule has 0 radical (unpaired) electrons. The van der Waals surface area contributed by atoms with Gasteiger partial charge in [-0.3, -0.25) is 9.63 Å². The lowest BCUT2D eigenvalue weighted by Gasteiger charge is -2.27. The van der Waals surface area contributed by atoms with E-state index < -0.39 is 36.0 Å². The lowest BCUT2D eigenvalue weighted by molar-refractivity contribution is -0.265. The van der Waals surface area contributed by atoms with Crippen LogP contribution in [0.1, 0.15) is 13.8 Å². The molecule has 0 spiro atoms. The van der Waals surface area contributed by atoms with E-state index >= 15 is 0 Å². The topological polar surface area (TPSA) is 92.8 Å². The van der Waals surface area contributed by atoms with Gasteiger partial charge in [0.25, 0.3) is 0 Å². The number of ether oxygens (including phenoxy) is 5. The Morgan fingerprint density at radius 3 is 2.48 bits per heavy atom. The van der Waals surface area contributed by atoms with E-state index in [1.807, 2.05) is 13.8 Å². The second kappa shape index (κ2) is 5.99. The number of carbonyl (C=O) groups is 2. The zero-order valence-electron chi connectivity index (χ0n) is 13.5. The molecule has 0 aromatic carbocycles. The lowest BCUT2D eigenvalue weighted by atomic mass is 10.0. The molecule has 3 aliphatic heterocycles. The minimum absolute atomic E-state index is 0.143. The van der Waals surface area contributed by atoms with Crippen molar-refractivity contribution in [3.05, 3.63) is 0 Å². The van der Waals surface area contributed by atoms with Gasteiger partial charge in [-0.15, -0.1) is 0 Å². The highest BCUT2D eigenvalue weighted by Crippen LogP contribution is 2.38. The smallest absolute Gasteiger partial charge is 0.338 e. The molecule has 0 aromatic rings. The molecule has 9 nitrogen and oxygen atoms in total. The fourth-order valence-corrected chi connectivity index (χ4v) is 3.16. The standard InChI is InChI=1S/C14H21NO8/c1-14(2)21-8-6-20-11(10(8)22-14)15-5-7(12(16)18-3)9(23-15)13(17)19-4/h7-11H,5-6H2,1-4H3/t7-,8-,9+,10-,11-/m1/s1. The first kappa shape index (κ1) is 16.6. The van der Waals surface area contributed by atoms with Gasteiger partial charge in [0, 0.05) is 6.54 Å². The van der Waals surface area contributed by atoms with Crippen molar-refractivity contribution in [1.82, 2.24) is 5.06 Å². The van der Waals surface area contributed by atoms with Crippen LogP contribution in [0, 0.1) is 5.92 Å². The van der Waals surface area contributed by atoms with Gasteiger partial charge in [0.2, 0.25) is 0 Å². The maximum Gasteiger partial charge on any atom is 0.338 e. The van der Waals surface area contributed by atoms with Crippen LogP contribution in [-0.2, 0) is 38.1 Å². The van der Waals surface area contributed by atoms with E-state index in [0.717, 1.165) is 0 Å². The SMILES string of the molecule is COC(=O)[C@H]1ON([C@@H]2OC[C@H]3OC(C)(C)O[C@@H]23)C[C@H]1C(=O)OC. The van der Waals surface area contributed by atoms with Crippen molar-refractivity contribution < 1.29 is 38.1 Å². The van der Waals surface area contributed by atoms with Crippen molar-refractivity contribution in [1.29, 1.82) is 0 Å². The molecule has 0 aromatic heterocycles. The summed E-state index contributed by atoms with van der Waals surface area (Å²) in [7, 11) is 2.50. The Balaban J connectivity index is 1.74. The van der Waals surface area contributed by atoms with Crippen molar-refractivity contribution in [2.75, 3.05) is 27.4 Å². The van der Waals surface area contributed by atoms with Crippen molar-refractivity contribution >= 4 is 11.9 Å². The number of hydrogen-bond donors (Lipinski definition) is 0. The Labute approximate surface area is 133 Å². The predicted octanol–water partition coefficient (Wildman–Crippen LogP) is -0.559. The van der Waals surface area contributed by atoms with Gasteiger partial charge in [0.1, 0.15) is 18.1 Å². The predicted molar refractivity (Wildman–Crippen MR) is 72.7 cm³/mol. The van der Waals surface area contributed by atoms with E-state index in [0.29, 0.717) is 6.61 Å². The van der Waals surface area contributed by atoms with Crippen LogP contribution in [0.25, 0.3) is 0 Å². The normalized spacial score (nSPS) is 39.2. The van der Waals surface area contributed by atoms with Gasteiger partial charge in [0.05, 0.1) is 20.8 Å². The Morgan fingerprint density at radius 2 is 1.83 bits per heavy atom. The van der Waals surface area contributed by atoms with Gasteiger partial charge in [-0.25, -0.2) is 4.79 Å². The molecule has 0 N–H and O–H groups in total. The van der Waals surface area contributed by atoms with E-state index in [9.17, 15) is 9.59 Å². The highest BCUT2D eigenvalue weighted by Gasteiger charge is 2.56. The molecule has 0 amide bonds. The fourth-order valence-electron chi connectivity index (χ4n) is 3.16. The molecule has 3 saturated heterocycles. The van der Waals surface area contributed by atoms with Crippen molar-refractivity contribution in [3.8, 4) is 0 Å². The van der Waals surface area contributed by atoms with Gasteiger partial charge < -0.3 is 23.7 Å². The van der Waals surface area contributed by atoms with Crippen LogP contribution in [0.5, 0.6) is 0 Å². The second-order valence-electron chi connectivity index (χ2n) is 6.14. The molecule has 5 atom stereocenters. The van der Waals surface area contributed by atoms with Crippen molar-refractivity contribution in [2.24, 2.45) is 5.92 Å². The highest BCUT2D eigenvalue weighted by atomic mass is 16.8. The summed E-state index contributed by atoms with van der Waals surface area (Å²) in [4.78, 5) is 29.4. The average Bonchev–Trinajstić information content (AvgIpc) is 3.16. The molecule has 3 fully saturated rings. The third kappa shape index (κ3) is 2.94.